The summed E-state index contributed by atoms with van der Waals surface area (Å²) in [7, 11) is -10.0. The van der Waals surface area contributed by atoms with Crippen molar-refractivity contribution < 1.29 is 80.2 Å². The molecule has 3 N–H and O–H groups in total. The van der Waals surface area contributed by atoms with Gasteiger partial charge in [0.1, 0.15) is 19.3 Å². The third-order valence-electron chi connectivity index (χ3n) is 17.0. The maximum Gasteiger partial charge on any atom is 0.472 e. The number of carbonyl (C=O) groups is 4. The van der Waals surface area contributed by atoms with Crippen molar-refractivity contribution in [1.29, 1.82) is 0 Å². The van der Waals surface area contributed by atoms with Crippen molar-refractivity contribution in [2.24, 2.45) is 0 Å². The molecule has 0 bridgehead atoms. The molecular formula is C89H148O17P2. The molecule has 108 heavy (non-hydrogen) atoms. The summed E-state index contributed by atoms with van der Waals surface area (Å²) in [6.07, 6.45) is 93.7. The Hall–Kier alpha value is -5.32. The molecule has 0 heterocycles. The van der Waals surface area contributed by atoms with Crippen molar-refractivity contribution in [1.82, 2.24) is 0 Å². The number of phosphoric acid groups is 2. The molecule has 0 saturated carbocycles. The summed E-state index contributed by atoms with van der Waals surface area (Å²) in [5.74, 6) is -2.33. The first-order chi connectivity index (χ1) is 52.7. The minimum absolute atomic E-state index is 0.0301. The number of allylic oxidation sites excluding steroid dienone is 26. The zero-order valence-electron chi connectivity index (χ0n) is 67.5. The molecule has 0 aliphatic heterocycles. The zero-order valence-corrected chi connectivity index (χ0v) is 69.3. The van der Waals surface area contributed by atoms with Crippen LogP contribution in [-0.4, -0.2) is 96.7 Å². The molecule has 0 aromatic heterocycles. The maximum absolute atomic E-state index is 13.1. The quantitative estimate of drug-likeness (QED) is 0.0169. The molecule has 0 aromatic carbocycles. The predicted octanol–water partition coefficient (Wildman–Crippen LogP) is 24.8. The first kappa shape index (κ1) is 103. The van der Waals surface area contributed by atoms with Crippen molar-refractivity contribution in [2.75, 3.05) is 39.6 Å². The molecule has 0 aliphatic rings. The molecule has 0 radical (unpaired) electrons. The molecule has 0 saturated heterocycles. The third kappa shape index (κ3) is 78.8. The van der Waals surface area contributed by atoms with Gasteiger partial charge < -0.3 is 33.8 Å². The molecule has 0 aliphatic carbocycles. The van der Waals surface area contributed by atoms with E-state index in [1.54, 1.807) is 0 Å². The van der Waals surface area contributed by atoms with E-state index in [-0.39, 0.29) is 25.7 Å². The monoisotopic (exact) mass is 1550 g/mol. The minimum Gasteiger partial charge on any atom is -0.462 e. The molecule has 0 amide bonds. The van der Waals surface area contributed by atoms with Gasteiger partial charge in [-0.3, -0.25) is 37.3 Å². The zero-order chi connectivity index (χ0) is 78.9. The Morgan fingerprint density at radius 1 is 0.269 bits per heavy atom. The number of esters is 4. The van der Waals surface area contributed by atoms with Crippen LogP contribution in [0, 0.1) is 0 Å². The lowest BCUT2D eigenvalue weighted by Crippen LogP contribution is -2.30. The van der Waals surface area contributed by atoms with Gasteiger partial charge in [-0.1, -0.05) is 288 Å². The van der Waals surface area contributed by atoms with Gasteiger partial charge in [0.15, 0.2) is 12.2 Å². The van der Waals surface area contributed by atoms with Crippen molar-refractivity contribution >= 4 is 39.5 Å². The standard InChI is InChI=1S/C89H148O17P2/c1-5-9-13-17-21-25-29-33-37-39-41-43-47-50-54-58-62-66-70-74-87(92)100-80-84(105-88(93)75-71-67-63-59-55-51-46-36-32-28-24-20-16-12-8-4)81-103-107(95,96)101-77-83(90)78-102-108(97,98)104-82-85(79-99-86(91)73-69-65-61-57-53-49-45-35-31-27-23-19-15-11-7-3)106-89(94)76-72-68-64-60-56-52-48-44-42-40-38-34-30-26-22-18-14-10-6-2/h10,14,21-22,24-28,31,33-34,36-38,41-44,46,50,52,54,56,62,66,83-85,90H,5-9,11-13,15-20,23,29-30,32,35,39-40,45,47-49,51,53,55,57-61,63-65,67-82H2,1-4H3,(H,95,96)(H,97,98)/b14-10-,25-21-,26-22-,28-24-,31-27-,37-33-,38-34-,43-41-,44-42-,46-36-,54-50-,56-52-,66-62-/t83-,84-,85-/m1/s1. The van der Waals surface area contributed by atoms with E-state index in [1.165, 1.54) is 70.6 Å². The molecule has 0 aromatic rings. The molecule has 17 nitrogen and oxygen atoms in total. The van der Waals surface area contributed by atoms with E-state index in [9.17, 15) is 43.2 Å². The first-order valence-corrected chi connectivity index (χ1v) is 44.7. The number of unbranched alkanes of at least 4 members (excludes halogenated alkanes) is 25. The highest BCUT2D eigenvalue weighted by Crippen LogP contribution is 2.45. The minimum atomic E-state index is -5.01. The SMILES string of the molecule is CC/C=C\C/C=C\C/C=C\C/C=C\C/C=C\CCCCCC(=O)O[C@H](COC(=O)CCCCCCCCC/C=C\CCCCCC)COP(=O)(O)OC[C@H](O)COP(=O)(O)OC[C@@H](COC(=O)CC/C=C\C/C=C\C/C=C\C/C=C\C/C=C\CCCCC)OC(=O)CCCCCCC/C=C\C/C=C\CCCCC. The third-order valence-corrected chi connectivity index (χ3v) is 18.9. The molecule has 5 atom stereocenters. The lowest BCUT2D eigenvalue weighted by atomic mass is 10.1. The summed E-state index contributed by atoms with van der Waals surface area (Å²) < 4.78 is 68.6. The van der Waals surface area contributed by atoms with Gasteiger partial charge in [0.05, 0.1) is 26.4 Å². The van der Waals surface area contributed by atoms with Crippen LogP contribution in [0.5, 0.6) is 0 Å². The van der Waals surface area contributed by atoms with Gasteiger partial charge in [-0.2, -0.15) is 0 Å². The summed E-state index contributed by atoms with van der Waals surface area (Å²) in [6.45, 7) is 4.56. The Labute approximate surface area is 655 Å². The summed E-state index contributed by atoms with van der Waals surface area (Å²) in [6, 6.07) is 0. The Bertz CT molecular complexity index is 2660. The van der Waals surface area contributed by atoms with E-state index >= 15 is 0 Å². The van der Waals surface area contributed by atoms with E-state index < -0.39 is 97.5 Å². The lowest BCUT2D eigenvalue weighted by molar-refractivity contribution is -0.161. The van der Waals surface area contributed by atoms with Gasteiger partial charge in [0, 0.05) is 25.7 Å². The van der Waals surface area contributed by atoms with Crippen LogP contribution in [0.1, 0.15) is 323 Å². The second-order valence-electron chi connectivity index (χ2n) is 27.3. The highest BCUT2D eigenvalue weighted by atomic mass is 31.2. The maximum atomic E-state index is 13.1. The van der Waals surface area contributed by atoms with Crippen LogP contribution < -0.4 is 0 Å². The van der Waals surface area contributed by atoms with Gasteiger partial charge in [-0.05, 0) is 167 Å². The summed E-state index contributed by atoms with van der Waals surface area (Å²) in [4.78, 5) is 73.1. The fourth-order valence-corrected chi connectivity index (χ4v) is 12.2. The van der Waals surface area contributed by atoms with Crippen LogP contribution in [0.3, 0.4) is 0 Å². The van der Waals surface area contributed by atoms with Gasteiger partial charge in [0.25, 0.3) is 0 Å². The van der Waals surface area contributed by atoms with Crippen LogP contribution in [0.25, 0.3) is 0 Å². The van der Waals surface area contributed by atoms with Gasteiger partial charge in [-0.25, -0.2) is 9.13 Å². The predicted molar refractivity (Wildman–Crippen MR) is 445 cm³/mol. The second-order valence-corrected chi connectivity index (χ2v) is 30.2. The average Bonchev–Trinajstić information content (AvgIpc) is 0.899. The summed E-state index contributed by atoms with van der Waals surface area (Å²) in [5, 5.41) is 10.7. The highest BCUT2D eigenvalue weighted by Gasteiger charge is 2.30. The fourth-order valence-electron chi connectivity index (χ4n) is 10.6. The molecule has 616 valence electrons. The molecule has 2 unspecified atom stereocenters. The number of ether oxygens (including phenoxy) is 4. The number of phosphoric ester groups is 2. The van der Waals surface area contributed by atoms with Crippen molar-refractivity contribution in [3.8, 4) is 0 Å². The Morgan fingerprint density at radius 2 is 0.500 bits per heavy atom. The van der Waals surface area contributed by atoms with Crippen molar-refractivity contribution in [3.63, 3.8) is 0 Å². The molecule has 0 spiro atoms. The van der Waals surface area contributed by atoms with Crippen molar-refractivity contribution in [3.05, 3.63) is 158 Å². The lowest BCUT2D eigenvalue weighted by Gasteiger charge is -2.21. The normalized spacial score (nSPS) is 14.6. The topological polar surface area (TPSA) is 237 Å². The number of aliphatic hydroxyl groups excluding tert-OH is 1. The molecule has 0 fully saturated rings. The number of hydrogen-bond acceptors (Lipinski definition) is 15. The van der Waals surface area contributed by atoms with E-state index in [4.69, 9.17) is 37.0 Å². The fraction of sp³-hybridized carbons (Fsp3) is 0.663. The van der Waals surface area contributed by atoms with E-state index in [0.717, 1.165) is 167 Å². The Kier molecular flexibility index (Phi) is 75.8. The number of carbonyl (C=O) groups excluding carboxylic acids is 4. The summed E-state index contributed by atoms with van der Waals surface area (Å²) >= 11 is 0. The van der Waals surface area contributed by atoms with Crippen LogP contribution in [0.4, 0.5) is 0 Å². The van der Waals surface area contributed by atoms with Crippen LogP contribution >= 0.6 is 15.6 Å². The van der Waals surface area contributed by atoms with E-state index in [2.05, 4.69) is 174 Å². The van der Waals surface area contributed by atoms with Crippen molar-refractivity contribution in [2.45, 2.75) is 341 Å². The number of rotatable bonds is 77. The smallest absolute Gasteiger partial charge is 0.462 e. The van der Waals surface area contributed by atoms with Gasteiger partial charge in [0.2, 0.25) is 0 Å². The van der Waals surface area contributed by atoms with Gasteiger partial charge in [-0.15, -0.1) is 0 Å². The summed E-state index contributed by atoms with van der Waals surface area (Å²) in [5.41, 5.74) is 0. The van der Waals surface area contributed by atoms with Crippen LogP contribution in [0.2, 0.25) is 0 Å². The number of aliphatic hydroxyl groups is 1. The Balaban J connectivity index is 5.49. The molecular weight excluding hydrogens is 1400 g/mol. The molecule has 19 heteroatoms. The van der Waals surface area contributed by atoms with Gasteiger partial charge >= 0.3 is 39.5 Å². The average molecular weight is 1550 g/mol. The van der Waals surface area contributed by atoms with Crippen LogP contribution in [-0.2, 0) is 65.4 Å². The highest BCUT2D eigenvalue weighted by molar-refractivity contribution is 7.47. The van der Waals surface area contributed by atoms with E-state index in [1.807, 2.05) is 12.2 Å². The second kappa shape index (κ2) is 79.8. The molecule has 0 rings (SSSR count). The van der Waals surface area contributed by atoms with Crippen LogP contribution in [0.15, 0.2) is 158 Å². The van der Waals surface area contributed by atoms with E-state index in [0.29, 0.717) is 32.1 Å². The largest absolute Gasteiger partial charge is 0.472 e. The Morgan fingerprint density at radius 3 is 0.833 bits per heavy atom. The number of hydrogen-bond donors (Lipinski definition) is 3. The first-order valence-electron chi connectivity index (χ1n) is 41.7.